The highest BCUT2D eigenvalue weighted by Crippen LogP contribution is 2.26. The number of nitrogens with two attached hydrogens (primary N) is 1. The molecule has 0 bridgehead atoms. The Morgan fingerprint density at radius 1 is 1.39 bits per heavy atom. The predicted octanol–water partition coefficient (Wildman–Crippen LogP) is 1.99. The number of aromatic nitrogens is 2. The lowest BCUT2D eigenvalue weighted by atomic mass is 10.3. The summed E-state index contributed by atoms with van der Waals surface area (Å²) in [5.41, 5.74) is 6.04. The molecule has 0 radical (unpaired) electrons. The number of hydrogen-bond acceptors (Lipinski definition) is 6. The molecule has 0 unspecified atom stereocenters. The van der Waals surface area contributed by atoms with E-state index in [0.717, 1.165) is 0 Å². The van der Waals surface area contributed by atoms with Crippen LogP contribution in [0, 0.1) is 6.92 Å². The second-order valence-corrected chi connectivity index (χ2v) is 7.11. The van der Waals surface area contributed by atoms with Gasteiger partial charge in [-0.1, -0.05) is 11.3 Å². The van der Waals surface area contributed by atoms with Crippen LogP contribution in [0.5, 0.6) is 0 Å². The van der Waals surface area contributed by atoms with Gasteiger partial charge in [0.2, 0.25) is 5.13 Å². The minimum absolute atomic E-state index is 0.101. The smallest absolute Gasteiger partial charge is 0.264 e. The van der Waals surface area contributed by atoms with E-state index in [2.05, 4.69) is 30.8 Å². The van der Waals surface area contributed by atoms with Crippen molar-refractivity contribution in [3.63, 3.8) is 0 Å². The molecule has 0 atom stereocenters. The van der Waals surface area contributed by atoms with Gasteiger partial charge in [0, 0.05) is 10.2 Å². The number of rotatable bonds is 3. The van der Waals surface area contributed by atoms with Crippen molar-refractivity contribution in [1.82, 2.24) is 10.2 Å². The van der Waals surface area contributed by atoms with E-state index in [1.807, 2.05) is 0 Å². The quantitative estimate of drug-likeness (QED) is 0.826. The largest absolute Gasteiger partial charge is 0.399 e. The first-order chi connectivity index (χ1) is 8.38. The van der Waals surface area contributed by atoms with Crippen LogP contribution in [-0.2, 0) is 10.0 Å². The summed E-state index contributed by atoms with van der Waals surface area (Å²) in [6, 6.07) is 4.47. The molecule has 0 fully saturated rings. The van der Waals surface area contributed by atoms with Crippen LogP contribution >= 0.6 is 27.3 Å². The van der Waals surface area contributed by atoms with E-state index in [1.165, 1.54) is 29.5 Å². The fraction of sp³-hybridized carbons (Fsp3) is 0.111. The van der Waals surface area contributed by atoms with Gasteiger partial charge in [0.15, 0.2) is 0 Å². The van der Waals surface area contributed by atoms with Crippen molar-refractivity contribution >= 4 is 48.1 Å². The molecule has 9 heteroatoms. The number of nitrogens with zero attached hydrogens (tertiary/aromatic N) is 2. The number of nitrogen functional groups attached to an aromatic ring is 1. The number of sulfonamides is 1. The lowest BCUT2D eigenvalue weighted by Crippen LogP contribution is -2.13. The van der Waals surface area contributed by atoms with Gasteiger partial charge in [-0.3, -0.25) is 4.72 Å². The average molecular weight is 349 g/mol. The molecule has 0 saturated heterocycles. The third-order valence-corrected chi connectivity index (χ3v) is 5.19. The molecule has 0 aliphatic carbocycles. The summed E-state index contributed by atoms with van der Waals surface area (Å²) < 4.78 is 27.0. The van der Waals surface area contributed by atoms with Crippen molar-refractivity contribution in [2.75, 3.05) is 10.5 Å². The standard InChI is InChI=1S/C9H9BrN4O2S2/c1-5-12-13-9(17-5)14-18(15,16)8-3-2-6(11)4-7(8)10/h2-4H,11H2,1H3,(H,13,14). The normalized spacial score (nSPS) is 11.4. The van der Waals surface area contributed by atoms with Crippen molar-refractivity contribution in [3.8, 4) is 0 Å². The summed E-state index contributed by atoms with van der Waals surface area (Å²) in [6.45, 7) is 1.74. The lowest BCUT2D eigenvalue weighted by Gasteiger charge is -2.07. The highest BCUT2D eigenvalue weighted by atomic mass is 79.9. The molecule has 0 aliphatic rings. The van der Waals surface area contributed by atoms with Crippen molar-refractivity contribution in [3.05, 3.63) is 27.7 Å². The van der Waals surface area contributed by atoms with Gasteiger partial charge in [-0.15, -0.1) is 10.2 Å². The molecular weight excluding hydrogens is 340 g/mol. The maximum absolute atomic E-state index is 12.1. The van der Waals surface area contributed by atoms with E-state index in [0.29, 0.717) is 15.2 Å². The molecule has 3 N–H and O–H groups in total. The predicted molar refractivity (Wildman–Crippen MR) is 74.0 cm³/mol. The van der Waals surface area contributed by atoms with Crippen LogP contribution in [0.25, 0.3) is 0 Å². The van der Waals surface area contributed by atoms with Crippen molar-refractivity contribution in [1.29, 1.82) is 0 Å². The Morgan fingerprint density at radius 3 is 2.67 bits per heavy atom. The van der Waals surface area contributed by atoms with E-state index < -0.39 is 10.0 Å². The van der Waals surface area contributed by atoms with E-state index in [4.69, 9.17) is 5.73 Å². The van der Waals surface area contributed by atoms with Crippen molar-refractivity contribution in [2.24, 2.45) is 0 Å². The maximum Gasteiger partial charge on any atom is 0.264 e. The van der Waals surface area contributed by atoms with E-state index in [9.17, 15) is 8.42 Å². The Balaban J connectivity index is 2.36. The van der Waals surface area contributed by atoms with Crippen molar-refractivity contribution in [2.45, 2.75) is 11.8 Å². The van der Waals surface area contributed by atoms with Gasteiger partial charge in [0.1, 0.15) is 9.90 Å². The van der Waals surface area contributed by atoms with Gasteiger partial charge >= 0.3 is 0 Å². The first kappa shape index (κ1) is 13.2. The summed E-state index contributed by atoms with van der Waals surface area (Å²) in [4.78, 5) is 0.101. The van der Waals surface area contributed by atoms with Crippen molar-refractivity contribution < 1.29 is 8.42 Å². The summed E-state index contributed by atoms with van der Waals surface area (Å²) in [6.07, 6.45) is 0. The highest BCUT2D eigenvalue weighted by molar-refractivity contribution is 9.10. The maximum atomic E-state index is 12.1. The molecule has 0 spiro atoms. The minimum atomic E-state index is -3.69. The van der Waals surface area contributed by atoms with Crippen LogP contribution in [0.2, 0.25) is 0 Å². The number of nitrogens with one attached hydrogen (secondary N) is 1. The molecule has 2 rings (SSSR count). The third kappa shape index (κ3) is 2.79. The van der Waals surface area contributed by atoms with E-state index in [-0.39, 0.29) is 10.0 Å². The summed E-state index contributed by atoms with van der Waals surface area (Å²) >= 11 is 4.34. The molecule has 1 aromatic carbocycles. The molecule has 96 valence electrons. The number of hydrogen-bond donors (Lipinski definition) is 2. The van der Waals surface area contributed by atoms with Gasteiger partial charge in [-0.25, -0.2) is 8.42 Å². The zero-order valence-electron chi connectivity index (χ0n) is 9.21. The Kier molecular flexibility index (Phi) is 3.55. The second kappa shape index (κ2) is 4.82. The fourth-order valence-corrected chi connectivity index (χ4v) is 4.16. The monoisotopic (exact) mass is 348 g/mol. The van der Waals surface area contributed by atoms with Crippen LogP contribution in [-0.4, -0.2) is 18.6 Å². The third-order valence-electron chi connectivity index (χ3n) is 1.99. The van der Waals surface area contributed by atoms with Gasteiger partial charge in [0.05, 0.1) is 0 Å². The molecule has 0 saturated carbocycles. The molecule has 0 amide bonds. The SMILES string of the molecule is Cc1nnc(NS(=O)(=O)c2ccc(N)cc2Br)s1. The van der Waals surface area contributed by atoms with Crippen LogP contribution < -0.4 is 10.5 Å². The van der Waals surface area contributed by atoms with Crippen LogP contribution in [0.1, 0.15) is 5.01 Å². The fourth-order valence-electron chi connectivity index (χ4n) is 1.24. The molecular formula is C9H9BrN4O2S2. The lowest BCUT2D eigenvalue weighted by molar-refractivity contribution is 0.600. The minimum Gasteiger partial charge on any atom is -0.399 e. The van der Waals surface area contributed by atoms with Crippen LogP contribution in [0.3, 0.4) is 0 Å². The molecule has 6 nitrogen and oxygen atoms in total. The van der Waals surface area contributed by atoms with Gasteiger partial charge in [-0.05, 0) is 41.1 Å². The Hall–Kier alpha value is -1.19. The molecule has 0 aliphatic heterocycles. The van der Waals surface area contributed by atoms with Gasteiger partial charge in [0.25, 0.3) is 10.0 Å². The van der Waals surface area contributed by atoms with Gasteiger partial charge in [-0.2, -0.15) is 0 Å². The Morgan fingerprint density at radius 2 is 2.11 bits per heavy atom. The first-order valence-corrected chi connectivity index (χ1v) is 7.86. The summed E-state index contributed by atoms with van der Waals surface area (Å²) in [7, 11) is -3.69. The highest BCUT2D eigenvalue weighted by Gasteiger charge is 2.19. The number of halogens is 1. The molecule has 18 heavy (non-hydrogen) atoms. The number of anilines is 2. The van der Waals surface area contributed by atoms with Gasteiger partial charge < -0.3 is 5.73 Å². The number of aryl methyl sites for hydroxylation is 1. The molecule has 2 aromatic rings. The first-order valence-electron chi connectivity index (χ1n) is 4.76. The Bertz CT molecular complexity index is 684. The zero-order chi connectivity index (χ0) is 13.3. The Labute approximate surface area is 116 Å². The second-order valence-electron chi connectivity index (χ2n) is 3.42. The molecule has 1 aromatic heterocycles. The topological polar surface area (TPSA) is 98.0 Å². The van der Waals surface area contributed by atoms with E-state index >= 15 is 0 Å². The van der Waals surface area contributed by atoms with Crippen LogP contribution in [0.15, 0.2) is 27.6 Å². The number of benzene rings is 1. The summed E-state index contributed by atoms with van der Waals surface area (Å²) in [5.74, 6) is 0. The van der Waals surface area contributed by atoms with E-state index in [1.54, 1.807) is 6.92 Å². The summed E-state index contributed by atoms with van der Waals surface area (Å²) in [5, 5.41) is 8.37. The average Bonchev–Trinajstić information content (AvgIpc) is 2.62. The zero-order valence-corrected chi connectivity index (χ0v) is 12.4. The molecule has 1 heterocycles. The van der Waals surface area contributed by atoms with Crippen LogP contribution in [0.4, 0.5) is 10.8 Å².